The van der Waals surface area contributed by atoms with Crippen LogP contribution in [0.4, 0.5) is 5.69 Å². The average Bonchev–Trinajstić information content (AvgIpc) is 2.97. The number of benzene rings is 2. The topological polar surface area (TPSA) is 73.2 Å². The molecule has 0 fully saturated rings. The lowest BCUT2D eigenvalue weighted by Crippen LogP contribution is -2.13. The summed E-state index contributed by atoms with van der Waals surface area (Å²) in [5.41, 5.74) is 1.94. The largest absolute Gasteiger partial charge is 0.497 e. The summed E-state index contributed by atoms with van der Waals surface area (Å²) in [6.07, 6.45) is 1.55. The number of hydrogen-bond donors (Lipinski definition) is 1. The van der Waals surface area contributed by atoms with Crippen molar-refractivity contribution in [3.63, 3.8) is 0 Å². The van der Waals surface area contributed by atoms with Crippen molar-refractivity contribution in [2.45, 2.75) is 18.4 Å². The molecule has 1 N–H and O–H groups in total. The van der Waals surface area contributed by atoms with Gasteiger partial charge in [0.2, 0.25) is 0 Å². The first-order valence-corrected chi connectivity index (χ1v) is 9.21. The molecule has 0 aliphatic rings. The molecule has 0 aliphatic heterocycles. The maximum Gasteiger partial charge on any atom is 0.265 e. The highest BCUT2D eigenvalue weighted by Gasteiger charge is 2.20. The molecule has 1 aromatic heterocycles. The molecule has 0 radical (unpaired) electrons. The molecular weight excluding hydrogens is 338 g/mol. The summed E-state index contributed by atoms with van der Waals surface area (Å²) < 4.78 is 34.7. The molecule has 130 valence electrons. The predicted octanol–water partition coefficient (Wildman–Crippen LogP) is 3.05. The van der Waals surface area contributed by atoms with E-state index in [0.717, 1.165) is 5.56 Å². The highest BCUT2D eigenvalue weighted by atomic mass is 32.2. The van der Waals surface area contributed by atoms with Gasteiger partial charge in [-0.3, -0.25) is 9.40 Å². The average molecular weight is 357 g/mol. The van der Waals surface area contributed by atoms with Crippen molar-refractivity contribution in [3.05, 3.63) is 72.1 Å². The maximum atomic E-state index is 12.7. The van der Waals surface area contributed by atoms with Crippen LogP contribution in [0.1, 0.15) is 11.3 Å². The van der Waals surface area contributed by atoms with Crippen LogP contribution < -0.4 is 9.46 Å². The summed E-state index contributed by atoms with van der Waals surface area (Å²) in [6, 6.07) is 16.5. The molecule has 2 aromatic carbocycles. The van der Waals surface area contributed by atoms with E-state index in [1.54, 1.807) is 42.1 Å². The van der Waals surface area contributed by atoms with Crippen molar-refractivity contribution in [1.82, 2.24) is 9.78 Å². The van der Waals surface area contributed by atoms with E-state index in [-0.39, 0.29) is 4.90 Å². The van der Waals surface area contributed by atoms with Gasteiger partial charge in [-0.25, -0.2) is 8.42 Å². The summed E-state index contributed by atoms with van der Waals surface area (Å²) in [5.74, 6) is 0.580. The molecule has 0 spiro atoms. The third kappa shape index (κ3) is 4.00. The molecule has 3 rings (SSSR count). The van der Waals surface area contributed by atoms with Crippen molar-refractivity contribution in [1.29, 1.82) is 0 Å². The lowest BCUT2D eigenvalue weighted by molar-refractivity contribution is 0.415. The minimum absolute atomic E-state index is 0.159. The molecule has 0 atom stereocenters. The van der Waals surface area contributed by atoms with Gasteiger partial charge in [0.25, 0.3) is 10.0 Å². The number of aryl methyl sites for hydroxylation is 1. The van der Waals surface area contributed by atoms with Gasteiger partial charge in [-0.2, -0.15) is 5.10 Å². The van der Waals surface area contributed by atoms with Gasteiger partial charge in [0.15, 0.2) is 0 Å². The smallest absolute Gasteiger partial charge is 0.265 e. The first-order chi connectivity index (χ1) is 12.0. The Labute approximate surface area is 147 Å². The molecule has 0 amide bonds. The van der Waals surface area contributed by atoms with E-state index in [1.807, 2.05) is 30.3 Å². The maximum absolute atomic E-state index is 12.7. The Morgan fingerprint density at radius 2 is 1.88 bits per heavy atom. The number of nitrogens with zero attached hydrogens (tertiary/aromatic N) is 2. The van der Waals surface area contributed by atoms with Gasteiger partial charge >= 0.3 is 0 Å². The second-order valence-electron chi connectivity index (χ2n) is 5.60. The quantitative estimate of drug-likeness (QED) is 0.736. The molecule has 1 heterocycles. The summed E-state index contributed by atoms with van der Waals surface area (Å²) in [6.45, 7) is 2.19. The molecule has 25 heavy (non-hydrogen) atoms. The number of aromatic nitrogens is 2. The van der Waals surface area contributed by atoms with Crippen LogP contribution in [-0.2, 0) is 16.6 Å². The van der Waals surface area contributed by atoms with Gasteiger partial charge in [-0.1, -0.05) is 36.4 Å². The van der Waals surface area contributed by atoms with E-state index < -0.39 is 10.0 Å². The predicted molar refractivity (Wildman–Crippen MR) is 96.3 cm³/mol. The SMILES string of the molecule is COc1cccc(NS(=O)(=O)c2cn(Cc3ccccc3)nc2C)c1. The van der Waals surface area contributed by atoms with E-state index >= 15 is 0 Å². The number of ether oxygens (including phenoxy) is 1. The van der Waals surface area contributed by atoms with Crippen LogP contribution in [-0.4, -0.2) is 25.3 Å². The molecule has 7 heteroatoms. The van der Waals surface area contributed by atoms with Crippen molar-refractivity contribution in [2.24, 2.45) is 0 Å². The third-order valence-corrected chi connectivity index (χ3v) is 5.18. The molecule has 0 bridgehead atoms. The number of rotatable bonds is 6. The van der Waals surface area contributed by atoms with Crippen LogP contribution in [0.2, 0.25) is 0 Å². The molecule has 3 aromatic rings. The van der Waals surface area contributed by atoms with Crippen LogP contribution in [0.15, 0.2) is 65.7 Å². The Morgan fingerprint density at radius 3 is 2.60 bits per heavy atom. The fraction of sp³-hybridized carbons (Fsp3) is 0.167. The molecule has 6 nitrogen and oxygen atoms in total. The Hall–Kier alpha value is -2.80. The second-order valence-corrected chi connectivity index (χ2v) is 7.25. The van der Waals surface area contributed by atoms with Crippen LogP contribution in [0.5, 0.6) is 5.75 Å². The first kappa shape index (κ1) is 17.0. The van der Waals surface area contributed by atoms with E-state index in [4.69, 9.17) is 4.74 Å². The third-order valence-electron chi connectivity index (χ3n) is 3.70. The minimum Gasteiger partial charge on any atom is -0.497 e. The molecular formula is C18H19N3O3S. The number of methoxy groups -OCH3 is 1. The van der Waals surface area contributed by atoms with Gasteiger partial charge in [0, 0.05) is 12.3 Å². The zero-order valence-electron chi connectivity index (χ0n) is 14.0. The Kier molecular flexibility index (Phi) is 4.76. The number of hydrogen-bond acceptors (Lipinski definition) is 4. The van der Waals surface area contributed by atoms with E-state index in [9.17, 15) is 8.42 Å². The van der Waals surface area contributed by atoms with Gasteiger partial charge < -0.3 is 4.74 Å². The molecule has 0 saturated heterocycles. The fourth-order valence-electron chi connectivity index (χ4n) is 2.51. The molecule has 0 saturated carbocycles. The van der Waals surface area contributed by atoms with E-state index in [2.05, 4.69) is 9.82 Å². The monoisotopic (exact) mass is 357 g/mol. The summed E-state index contributed by atoms with van der Waals surface area (Å²) >= 11 is 0. The van der Waals surface area contributed by atoms with Crippen LogP contribution in [0.25, 0.3) is 0 Å². The highest BCUT2D eigenvalue weighted by Crippen LogP contribution is 2.22. The van der Waals surface area contributed by atoms with Gasteiger partial charge in [-0.05, 0) is 24.6 Å². The normalized spacial score (nSPS) is 11.3. The molecule has 0 aliphatic carbocycles. The van der Waals surface area contributed by atoms with Crippen molar-refractivity contribution < 1.29 is 13.2 Å². The highest BCUT2D eigenvalue weighted by molar-refractivity contribution is 7.92. The first-order valence-electron chi connectivity index (χ1n) is 7.73. The van der Waals surface area contributed by atoms with Gasteiger partial charge in [-0.15, -0.1) is 0 Å². The van der Waals surface area contributed by atoms with Crippen molar-refractivity contribution >= 4 is 15.7 Å². The zero-order chi connectivity index (χ0) is 17.9. The van der Waals surface area contributed by atoms with E-state index in [0.29, 0.717) is 23.7 Å². The second kappa shape index (κ2) is 6.98. The van der Waals surface area contributed by atoms with Crippen LogP contribution >= 0.6 is 0 Å². The number of nitrogens with one attached hydrogen (secondary N) is 1. The lowest BCUT2D eigenvalue weighted by atomic mass is 10.2. The zero-order valence-corrected chi connectivity index (χ0v) is 14.8. The fourth-order valence-corrected chi connectivity index (χ4v) is 3.75. The Balaban J connectivity index is 1.84. The number of sulfonamides is 1. The standard InChI is InChI=1S/C18H19N3O3S/c1-14-18(13-21(19-14)12-15-7-4-3-5-8-15)25(22,23)20-16-9-6-10-17(11-16)24-2/h3-11,13,20H,12H2,1-2H3. The summed E-state index contributed by atoms with van der Waals surface area (Å²) in [4.78, 5) is 0.159. The summed E-state index contributed by atoms with van der Waals surface area (Å²) in [7, 11) is -2.20. The summed E-state index contributed by atoms with van der Waals surface area (Å²) in [5, 5.41) is 4.32. The van der Waals surface area contributed by atoms with Gasteiger partial charge in [0.05, 0.1) is 25.0 Å². The van der Waals surface area contributed by atoms with Crippen LogP contribution in [0, 0.1) is 6.92 Å². The Bertz CT molecular complexity index is 966. The van der Waals surface area contributed by atoms with Crippen molar-refractivity contribution in [2.75, 3.05) is 11.8 Å². The minimum atomic E-state index is -3.73. The van der Waals surface area contributed by atoms with Crippen LogP contribution in [0.3, 0.4) is 0 Å². The van der Waals surface area contributed by atoms with Gasteiger partial charge in [0.1, 0.15) is 10.6 Å². The number of anilines is 1. The van der Waals surface area contributed by atoms with Crippen molar-refractivity contribution in [3.8, 4) is 5.75 Å². The molecule has 0 unspecified atom stereocenters. The Morgan fingerprint density at radius 1 is 1.12 bits per heavy atom. The van der Waals surface area contributed by atoms with E-state index in [1.165, 1.54) is 7.11 Å². The lowest BCUT2D eigenvalue weighted by Gasteiger charge is -2.08.